The molecular formula is C14H17BrF3NO2. The van der Waals surface area contributed by atoms with Gasteiger partial charge < -0.3 is 10.4 Å². The highest BCUT2D eigenvalue weighted by Gasteiger charge is 2.35. The molecule has 0 aliphatic carbocycles. The first-order valence-electron chi connectivity index (χ1n) is 6.32. The molecule has 0 bridgehead atoms. The summed E-state index contributed by atoms with van der Waals surface area (Å²) in [5.74, 6) is -0.777. The molecular weight excluding hydrogens is 351 g/mol. The molecule has 0 aliphatic rings. The molecule has 7 heteroatoms. The lowest BCUT2D eigenvalue weighted by atomic mass is 9.89. The highest BCUT2D eigenvalue weighted by Crippen LogP contribution is 2.34. The lowest BCUT2D eigenvalue weighted by Crippen LogP contribution is -2.35. The van der Waals surface area contributed by atoms with Gasteiger partial charge in [-0.25, -0.2) is 0 Å². The third-order valence-corrected chi connectivity index (χ3v) is 3.54. The van der Waals surface area contributed by atoms with Crippen LogP contribution in [0.5, 0.6) is 0 Å². The van der Waals surface area contributed by atoms with Gasteiger partial charge >= 0.3 is 6.18 Å². The summed E-state index contributed by atoms with van der Waals surface area (Å²) in [5, 5.41) is 11.4. The summed E-state index contributed by atoms with van der Waals surface area (Å²) in [4.78, 5) is 12.0. The van der Waals surface area contributed by atoms with Gasteiger partial charge in [-0.2, -0.15) is 13.2 Å². The highest BCUT2D eigenvalue weighted by molar-refractivity contribution is 9.10. The Labute approximate surface area is 129 Å². The summed E-state index contributed by atoms with van der Waals surface area (Å²) in [6, 6.07) is 3.41. The van der Waals surface area contributed by atoms with Crippen molar-refractivity contribution in [3.05, 3.63) is 33.8 Å². The van der Waals surface area contributed by atoms with E-state index in [4.69, 9.17) is 5.11 Å². The lowest BCUT2D eigenvalue weighted by molar-refractivity contribution is -0.138. The van der Waals surface area contributed by atoms with E-state index in [0.29, 0.717) is 6.42 Å². The standard InChI is InChI=1S/C14H17BrF3NO2/c1-13(2,5-6-20)8-19-12(21)10-4-3-9(15)7-11(10)14(16,17)18/h3-4,7,20H,5-6,8H2,1-2H3,(H,19,21). The molecule has 0 saturated heterocycles. The topological polar surface area (TPSA) is 49.3 Å². The number of carbonyl (C=O) groups is 1. The molecule has 118 valence electrons. The van der Waals surface area contributed by atoms with Crippen molar-refractivity contribution in [2.75, 3.05) is 13.2 Å². The predicted octanol–water partition coefficient (Wildman–Crippen LogP) is 3.61. The Morgan fingerprint density at radius 2 is 1.95 bits per heavy atom. The van der Waals surface area contributed by atoms with Gasteiger partial charge in [0, 0.05) is 17.6 Å². The summed E-state index contributed by atoms with van der Waals surface area (Å²) < 4.78 is 39.1. The predicted molar refractivity (Wildman–Crippen MR) is 77.0 cm³/mol. The third-order valence-electron chi connectivity index (χ3n) is 3.05. The molecule has 0 heterocycles. The molecule has 0 aliphatic heterocycles. The van der Waals surface area contributed by atoms with E-state index in [1.807, 2.05) is 13.8 Å². The number of benzene rings is 1. The maximum atomic E-state index is 12.9. The number of amides is 1. The smallest absolute Gasteiger partial charge is 0.396 e. The van der Waals surface area contributed by atoms with Gasteiger partial charge in [-0.3, -0.25) is 4.79 Å². The molecule has 2 N–H and O–H groups in total. The Morgan fingerprint density at radius 3 is 2.48 bits per heavy atom. The van der Waals surface area contributed by atoms with E-state index in [-0.39, 0.29) is 17.6 Å². The summed E-state index contributed by atoms with van der Waals surface area (Å²) in [5.41, 5.74) is -1.78. The van der Waals surface area contributed by atoms with Gasteiger partial charge in [0.15, 0.2) is 0 Å². The van der Waals surface area contributed by atoms with Gasteiger partial charge in [0.2, 0.25) is 0 Å². The molecule has 1 aromatic rings. The maximum Gasteiger partial charge on any atom is 0.417 e. The molecule has 0 unspecified atom stereocenters. The fourth-order valence-electron chi connectivity index (χ4n) is 1.75. The van der Waals surface area contributed by atoms with Crippen LogP contribution in [-0.4, -0.2) is 24.2 Å². The van der Waals surface area contributed by atoms with E-state index in [9.17, 15) is 18.0 Å². The monoisotopic (exact) mass is 367 g/mol. The van der Waals surface area contributed by atoms with Crippen molar-refractivity contribution in [3.63, 3.8) is 0 Å². The number of rotatable bonds is 5. The molecule has 0 spiro atoms. The van der Waals surface area contributed by atoms with Crippen LogP contribution in [0.2, 0.25) is 0 Å². The van der Waals surface area contributed by atoms with Crippen LogP contribution in [0.1, 0.15) is 36.2 Å². The van der Waals surface area contributed by atoms with Crippen LogP contribution >= 0.6 is 15.9 Å². The van der Waals surface area contributed by atoms with E-state index in [0.717, 1.165) is 12.1 Å². The van der Waals surface area contributed by atoms with Crippen molar-refractivity contribution < 1.29 is 23.1 Å². The fraction of sp³-hybridized carbons (Fsp3) is 0.500. The van der Waals surface area contributed by atoms with Crippen LogP contribution < -0.4 is 5.32 Å². The van der Waals surface area contributed by atoms with E-state index < -0.39 is 28.6 Å². The SMILES string of the molecule is CC(C)(CCO)CNC(=O)c1ccc(Br)cc1C(F)(F)F. The average Bonchev–Trinajstić information content (AvgIpc) is 2.35. The molecule has 0 aromatic heterocycles. The molecule has 21 heavy (non-hydrogen) atoms. The molecule has 3 nitrogen and oxygen atoms in total. The van der Waals surface area contributed by atoms with Crippen molar-refractivity contribution in [3.8, 4) is 0 Å². The molecule has 0 radical (unpaired) electrons. The fourth-order valence-corrected chi connectivity index (χ4v) is 2.12. The van der Waals surface area contributed by atoms with Crippen LogP contribution in [0.25, 0.3) is 0 Å². The second-order valence-corrected chi connectivity index (χ2v) is 6.42. The molecule has 1 rings (SSSR count). The maximum absolute atomic E-state index is 12.9. The first-order chi connectivity index (χ1) is 9.57. The van der Waals surface area contributed by atoms with Crippen molar-refractivity contribution in [1.82, 2.24) is 5.32 Å². The lowest BCUT2D eigenvalue weighted by Gasteiger charge is -2.24. The number of halogens is 4. The van der Waals surface area contributed by atoms with E-state index >= 15 is 0 Å². The van der Waals surface area contributed by atoms with Gasteiger partial charge in [-0.05, 0) is 30.0 Å². The number of hydrogen-bond donors (Lipinski definition) is 2. The van der Waals surface area contributed by atoms with E-state index in [1.165, 1.54) is 6.07 Å². The third kappa shape index (κ3) is 5.32. The van der Waals surface area contributed by atoms with Crippen molar-refractivity contribution in [2.24, 2.45) is 5.41 Å². The first kappa shape index (κ1) is 18.0. The second kappa shape index (κ2) is 6.79. The first-order valence-corrected chi connectivity index (χ1v) is 7.12. The number of aliphatic hydroxyl groups excluding tert-OH is 1. The number of nitrogens with one attached hydrogen (secondary N) is 1. The van der Waals surface area contributed by atoms with Crippen LogP contribution in [0.4, 0.5) is 13.2 Å². The largest absolute Gasteiger partial charge is 0.417 e. The minimum atomic E-state index is -4.60. The molecule has 1 aromatic carbocycles. The van der Waals surface area contributed by atoms with Crippen LogP contribution in [-0.2, 0) is 6.18 Å². The van der Waals surface area contributed by atoms with Gasteiger partial charge in [-0.1, -0.05) is 29.8 Å². The average molecular weight is 368 g/mol. The minimum Gasteiger partial charge on any atom is -0.396 e. The minimum absolute atomic E-state index is 0.0467. The zero-order chi connectivity index (χ0) is 16.3. The summed E-state index contributed by atoms with van der Waals surface area (Å²) in [7, 11) is 0. The number of alkyl halides is 3. The number of carbonyl (C=O) groups excluding carboxylic acids is 1. The quantitative estimate of drug-likeness (QED) is 0.835. The summed E-state index contributed by atoms with van der Waals surface area (Å²) >= 11 is 2.97. The number of hydrogen-bond acceptors (Lipinski definition) is 2. The zero-order valence-electron chi connectivity index (χ0n) is 11.7. The molecule has 0 fully saturated rings. The molecule has 0 saturated carbocycles. The molecule has 0 atom stereocenters. The van der Waals surface area contributed by atoms with Crippen molar-refractivity contribution in [2.45, 2.75) is 26.4 Å². The van der Waals surface area contributed by atoms with Gasteiger partial charge in [-0.15, -0.1) is 0 Å². The van der Waals surface area contributed by atoms with Gasteiger partial charge in [0.25, 0.3) is 5.91 Å². The Kier molecular flexibility index (Phi) is 5.81. The van der Waals surface area contributed by atoms with Crippen LogP contribution in [0.15, 0.2) is 22.7 Å². The normalized spacial score (nSPS) is 12.3. The highest BCUT2D eigenvalue weighted by atomic mass is 79.9. The van der Waals surface area contributed by atoms with Gasteiger partial charge in [0.05, 0.1) is 11.1 Å². The van der Waals surface area contributed by atoms with Crippen LogP contribution in [0.3, 0.4) is 0 Å². The van der Waals surface area contributed by atoms with E-state index in [2.05, 4.69) is 21.2 Å². The van der Waals surface area contributed by atoms with Gasteiger partial charge in [0.1, 0.15) is 0 Å². The Balaban J connectivity index is 2.93. The Bertz CT molecular complexity index is 515. The number of aliphatic hydroxyl groups is 1. The van der Waals surface area contributed by atoms with E-state index in [1.54, 1.807) is 0 Å². The Hall–Kier alpha value is -1.08. The van der Waals surface area contributed by atoms with Crippen LogP contribution in [0, 0.1) is 5.41 Å². The summed E-state index contributed by atoms with van der Waals surface area (Å²) in [6.45, 7) is 3.76. The summed E-state index contributed by atoms with van der Waals surface area (Å²) in [6.07, 6.45) is -4.16. The van der Waals surface area contributed by atoms with Crippen molar-refractivity contribution >= 4 is 21.8 Å². The second-order valence-electron chi connectivity index (χ2n) is 5.51. The zero-order valence-corrected chi connectivity index (χ0v) is 13.3. The molecule has 1 amide bonds. The van der Waals surface area contributed by atoms with Crippen molar-refractivity contribution in [1.29, 1.82) is 0 Å². The Morgan fingerprint density at radius 1 is 1.33 bits per heavy atom.